The van der Waals surface area contributed by atoms with Gasteiger partial charge in [-0.05, 0) is 30.7 Å². The van der Waals surface area contributed by atoms with Gasteiger partial charge in [0.25, 0.3) is 5.91 Å². The highest BCUT2D eigenvalue weighted by atomic mass is 79.9. The van der Waals surface area contributed by atoms with E-state index in [9.17, 15) is 4.79 Å². The number of benzene rings is 1. The molecule has 1 aromatic heterocycles. The van der Waals surface area contributed by atoms with Crippen LogP contribution in [0.2, 0.25) is 0 Å². The Morgan fingerprint density at radius 3 is 2.76 bits per heavy atom. The molecule has 0 aliphatic heterocycles. The molecule has 0 fully saturated rings. The molecule has 0 saturated carbocycles. The second-order valence-corrected chi connectivity index (χ2v) is 5.86. The van der Waals surface area contributed by atoms with E-state index >= 15 is 0 Å². The fraction of sp³-hybridized carbons (Fsp3) is 0.214. The van der Waals surface area contributed by atoms with Crippen LogP contribution in [0.15, 0.2) is 28.7 Å². The van der Waals surface area contributed by atoms with Crippen LogP contribution < -0.4 is 11.1 Å². The number of rotatable bonds is 4. The lowest BCUT2D eigenvalue weighted by Gasteiger charge is -2.10. The first-order chi connectivity index (χ1) is 9.92. The summed E-state index contributed by atoms with van der Waals surface area (Å²) in [4.78, 5) is 12.6. The fourth-order valence-corrected chi connectivity index (χ4v) is 2.47. The molecule has 1 amide bonds. The average molecular weight is 367 g/mol. The minimum Gasteiger partial charge on any atom is -0.389 e. The lowest BCUT2D eigenvalue weighted by Crippen LogP contribution is -2.19. The number of aromatic nitrogens is 2. The van der Waals surface area contributed by atoms with E-state index < -0.39 is 0 Å². The molecule has 21 heavy (non-hydrogen) atoms. The first kappa shape index (κ1) is 15.7. The van der Waals surface area contributed by atoms with Crippen LogP contribution in [0.1, 0.15) is 28.7 Å². The molecule has 0 radical (unpaired) electrons. The van der Waals surface area contributed by atoms with Gasteiger partial charge in [0.1, 0.15) is 10.7 Å². The third kappa shape index (κ3) is 3.48. The van der Waals surface area contributed by atoms with Crippen LogP contribution in [0.4, 0.5) is 5.69 Å². The zero-order valence-electron chi connectivity index (χ0n) is 11.7. The Kier molecular flexibility index (Phi) is 4.74. The molecule has 5 nitrogen and oxygen atoms in total. The second-order valence-electron chi connectivity index (χ2n) is 4.51. The summed E-state index contributed by atoms with van der Waals surface area (Å²) in [7, 11) is 1.74. The first-order valence-electron chi connectivity index (χ1n) is 6.36. The van der Waals surface area contributed by atoms with E-state index in [4.69, 9.17) is 18.0 Å². The number of carbonyl (C=O) groups is 1. The van der Waals surface area contributed by atoms with Crippen molar-refractivity contribution in [2.75, 3.05) is 5.32 Å². The Morgan fingerprint density at radius 1 is 1.48 bits per heavy atom. The van der Waals surface area contributed by atoms with Crippen molar-refractivity contribution in [2.24, 2.45) is 12.8 Å². The van der Waals surface area contributed by atoms with Gasteiger partial charge in [0.05, 0.1) is 11.4 Å². The molecule has 3 N–H and O–H groups in total. The lowest BCUT2D eigenvalue weighted by atomic mass is 10.1. The Hall–Kier alpha value is -1.73. The molecule has 1 aromatic carbocycles. The van der Waals surface area contributed by atoms with Crippen molar-refractivity contribution >= 4 is 44.7 Å². The van der Waals surface area contributed by atoms with Crippen LogP contribution in [0, 0.1) is 0 Å². The third-order valence-electron chi connectivity index (χ3n) is 3.02. The van der Waals surface area contributed by atoms with E-state index in [0.717, 1.165) is 16.6 Å². The van der Waals surface area contributed by atoms with Gasteiger partial charge in [0.15, 0.2) is 0 Å². The van der Waals surface area contributed by atoms with Gasteiger partial charge in [-0.25, -0.2) is 0 Å². The smallest absolute Gasteiger partial charge is 0.273 e. The van der Waals surface area contributed by atoms with E-state index in [0.29, 0.717) is 16.9 Å². The molecule has 110 valence electrons. The van der Waals surface area contributed by atoms with E-state index in [1.807, 2.05) is 13.0 Å². The quantitative estimate of drug-likeness (QED) is 0.815. The van der Waals surface area contributed by atoms with Crippen molar-refractivity contribution in [1.29, 1.82) is 0 Å². The number of amides is 1. The fourth-order valence-electron chi connectivity index (χ4n) is 1.93. The molecule has 1 heterocycles. The SMILES string of the molecule is CCc1cc(C(=O)Nc2cc(Br)ccc2C(N)=S)n(C)n1. The van der Waals surface area contributed by atoms with E-state index in [1.165, 1.54) is 0 Å². The summed E-state index contributed by atoms with van der Waals surface area (Å²) < 4.78 is 2.39. The number of thiocarbonyl (C=S) groups is 1. The molecule has 7 heteroatoms. The number of hydrogen-bond donors (Lipinski definition) is 2. The monoisotopic (exact) mass is 366 g/mol. The Morgan fingerprint density at radius 2 is 2.19 bits per heavy atom. The number of aryl methyl sites for hydroxylation is 2. The predicted octanol–water partition coefficient (Wildman–Crippen LogP) is 2.63. The van der Waals surface area contributed by atoms with Crippen molar-refractivity contribution in [3.05, 3.63) is 45.7 Å². The molecule has 0 bridgehead atoms. The molecular weight excluding hydrogens is 352 g/mol. The van der Waals surface area contributed by atoms with Crippen molar-refractivity contribution in [3.8, 4) is 0 Å². The van der Waals surface area contributed by atoms with Gasteiger partial charge in [-0.3, -0.25) is 9.48 Å². The Bertz CT molecular complexity index is 711. The number of anilines is 1. The number of nitrogens with zero attached hydrogens (tertiary/aromatic N) is 2. The summed E-state index contributed by atoms with van der Waals surface area (Å²) in [5.74, 6) is -0.250. The van der Waals surface area contributed by atoms with Gasteiger partial charge in [0.2, 0.25) is 0 Å². The maximum absolute atomic E-state index is 12.4. The van der Waals surface area contributed by atoms with Crippen LogP contribution in [0.25, 0.3) is 0 Å². The van der Waals surface area contributed by atoms with Crippen LogP contribution >= 0.6 is 28.1 Å². The summed E-state index contributed by atoms with van der Waals surface area (Å²) in [5.41, 5.74) is 8.23. The van der Waals surface area contributed by atoms with E-state index in [1.54, 1.807) is 29.9 Å². The highest BCUT2D eigenvalue weighted by Gasteiger charge is 2.15. The molecule has 2 rings (SSSR count). The molecule has 2 aromatic rings. The maximum atomic E-state index is 12.4. The van der Waals surface area contributed by atoms with Gasteiger partial charge in [-0.15, -0.1) is 0 Å². The van der Waals surface area contributed by atoms with Gasteiger partial charge in [0, 0.05) is 17.1 Å². The van der Waals surface area contributed by atoms with Crippen molar-refractivity contribution in [3.63, 3.8) is 0 Å². The summed E-state index contributed by atoms with van der Waals surface area (Å²) in [6.07, 6.45) is 0.774. The first-order valence-corrected chi connectivity index (χ1v) is 7.56. The minimum atomic E-state index is -0.250. The number of nitrogens with two attached hydrogens (primary N) is 1. The standard InChI is InChI=1S/C14H15BrN4OS/c1-3-9-7-12(19(2)18-9)14(20)17-11-6-8(15)4-5-10(11)13(16)21/h4-7H,3H2,1-2H3,(H2,16,21)(H,17,20). The normalized spacial score (nSPS) is 10.4. The van der Waals surface area contributed by atoms with Crippen molar-refractivity contribution in [1.82, 2.24) is 9.78 Å². The summed E-state index contributed by atoms with van der Waals surface area (Å²) >= 11 is 8.37. The molecule has 0 atom stereocenters. The maximum Gasteiger partial charge on any atom is 0.273 e. The summed E-state index contributed by atoms with van der Waals surface area (Å²) in [6, 6.07) is 7.13. The number of halogens is 1. The highest BCUT2D eigenvalue weighted by Crippen LogP contribution is 2.22. The van der Waals surface area contributed by atoms with E-state index in [2.05, 4.69) is 26.3 Å². The number of nitrogens with one attached hydrogen (secondary N) is 1. The predicted molar refractivity (Wildman–Crippen MR) is 90.6 cm³/mol. The molecule has 0 spiro atoms. The largest absolute Gasteiger partial charge is 0.389 e. The van der Waals surface area contributed by atoms with Crippen molar-refractivity contribution < 1.29 is 4.79 Å². The topological polar surface area (TPSA) is 72.9 Å². The average Bonchev–Trinajstić information content (AvgIpc) is 2.80. The van der Waals surface area contributed by atoms with Gasteiger partial charge < -0.3 is 11.1 Å². The Balaban J connectivity index is 2.33. The molecule has 0 aliphatic rings. The molecule has 0 aliphatic carbocycles. The van der Waals surface area contributed by atoms with Crippen LogP contribution in [-0.4, -0.2) is 20.7 Å². The second kappa shape index (κ2) is 6.36. The minimum absolute atomic E-state index is 0.233. The molecule has 0 saturated heterocycles. The van der Waals surface area contributed by atoms with Gasteiger partial charge in [-0.2, -0.15) is 5.10 Å². The third-order valence-corrected chi connectivity index (χ3v) is 3.73. The zero-order valence-corrected chi connectivity index (χ0v) is 14.1. The lowest BCUT2D eigenvalue weighted by molar-refractivity contribution is 0.101. The number of carbonyl (C=O) groups excluding carboxylic acids is 1. The summed E-state index contributed by atoms with van der Waals surface area (Å²) in [6.45, 7) is 1.99. The Labute approximate surface area is 136 Å². The molecule has 0 unspecified atom stereocenters. The summed E-state index contributed by atoms with van der Waals surface area (Å²) in [5, 5.41) is 7.09. The van der Waals surface area contributed by atoms with Gasteiger partial charge in [-0.1, -0.05) is 35.1 Å². The number of hydrogen-bond acceptors (Lipinski definition) is 3. The van der Waals surface area contributed by atoms with Crippen LogP contribution in [-0.2, 0) is 13.5 Å². The van der Waals surface area contributed by atoms with Crippen molar-refractivity contribution in [2.45, 2.75) is 13.3 Å². The van der Waals surface area contributed by atoms with Crippen LogP contribution in [0.5, 0.6) is 0 Å². The van der Waals surface area contributed by atoms with Gasteiger partial charge >= 0.3 is 0 Å². The van der Waals surface area contributed by atoms with E-state index in [-0.39, 0.29) is 10.9 Å². The zero-order chi connectivity index (χ0) is 15.6. The highest BCUT2D eigenvalue weighted by molar-refractivity contribution is 9.10. The van der Waals surface area contributed by atoms with Crippen LogP contribution in [0.3, 0.4) is 0 Å². The molecular formula is C14H15BrN4OS.